The summed E-state index contributed by atoms with van der Waals surface area (Å²) in [6.45, 7) is 4.08. The third kappa shape index (κ3) is 4.60. The molecule has 1 unspecified atom stereocenters. The number of ether oxygens (including phenoxy) is 1. The normalized spacial score (nSPS) is 25.7. The lowest BCUT2D eigenvalue weighted by molar-refractivity contribution is -0.0908. The van der Waals surface area contributed by atoms with Crippen LogP contribution in [-0.2, 0) is 14.8 Å². The highest BCUT2D eigenvalue weighted by Gasteiger charge is 2.41. The Morgan fingerprint density at radius 2 is 2.12 bits per heavy atom. The van der Waals surface area contributed by atoms with Crippen molar-refractivity contribution in [3.63, 3.8) is 0 Å². The number of nitrogens with one attached hydrogen (secondary N) is 2. The Labute approximate surface area is 152 Å². The molecule has 1 saturated heterocycles. The summed E-state index contributed by atoms with van der Waals surface area (Å²) in [5.41, 5.74) is -0.824. The first-order chi connectivity index (χ1) is 11.2. The molecule has 1 aromatic carbocycles. The number of aliphatic hydroxyl groups is 1. The average Bonchev–Trinajstić information content (AvgIpc) is 2.70. The fourth-order valence-corrected chi connectivity index (χ4v) is 3.52. The first kappa shape index (κ1) is 19.9. The molecule has 1 heterocycles. The third-order valence-corrected chi connectivity index (χ3v) is 6.46. The van der Waals surface area contributed by atoms with E-state index in [1.54, 1.807) is 32.0 Å². The molecule has 1 aliphatic heterocycles. The monoisotopic (exact) mass is 396 g/mol. The molecule has 2 atom stereocenters. The number of benzene rings is 1. The first-order valence-corrected chi connectivity index (χ1v) is 9.94. The summed E-state index contributed by atoms with van der Waals surface area (Å²) in [7, 11) is -3.51. The van der Waals surface area contributed by atoms with Crippen molar-refractivity contribution < 1.29 is 18.3 Å². The molecule has 0 radical (unpaired) electrons. The second-order valence-electron chi connectivity index (χ2n) is 6.12. The van der Waals surface area contributed by atoms with Gasteiger partial charge in [0.15, 0.2) is 0 Å². The summed E-state index contributed by atoms with van der Waals surface area (Å²) >= 11 is 12.0. The summed E-state index contributed by atoms with van der Waals surface area (Å²) in [6, 6.07) is 4.97. The summed E-state index contributed by atoms with van der Waals surface area (Å²) in [4.78, 5) is 0. The van der Waals surface area contributed by atoms with Crippen LogP contribution >= 0.6 is 23.2 Å². The highest BCUT2D eigenvalue weighted by Crippen LogP contribution is 2.34. The van der Waals surface area contributed by atoms with Gasteiger partial charge in [0, 0.05) is 19.6 Å². The van der Waals surface area contributed by atoms with E-state index in [0.717, 1.165) is 0 Å². The van der Waals surface area contributed by atoms with E-state index in [4.69, 9.17) is 27.9 Å². The van der Waals surface area contributed by atoms with E-state index in [0.29, 0.717) is 28.8 Å². The van der Waals surface area contributed by atoms with Crippen LogP contribution in [0.25, 0.3) is 0 Å². The molecule has 136 valence electrons. The van der Waals surface area contributed by atoms with Crippen LogP contribution in [-0.4, -0.2) is 50.6 Å². The Kier molecular flexibility index (Phi) is 6.52. The lowest BCUT2D eigenvalue weighted by Gasteiger charge is -2.34. The number of sulfonamides is 1. The molecule has 1 fully saturated rings. The Morgan fingerprint density at radius 1 is 1.42 bits per heavy atom. The van der Waals surface area contributed by atoms with Crippen molar-refractivity contribution in [2.75, 3.05) is 26.2 Å². The first-order valence-electron chi connectivity index (χ1n) is 7.64. The van der Waals surface area contributed by atoms with Crippen LogP contribution in [0.5, 0.6) is 0 Å². The lowest BCUT2D eigenvalue weighted by Crippen LogP contribution is -2.53. The van der Waals surface area contributed by atoms with Crippen LogP contribution in [0.3, 0.4) is 0 Å². The van der Waals surface area contributed by atoms with Gasteiger partial charge in [-0.05, 0) is 31.5 Å². The lowest BCUT2D eigenvalue weighted by atomic mass is 9.91. The van der Waals surface area contributed by atoms with Crippen LogP contribution in [0, 0.1) is 0 Å². The highest BCUT2D eigenvalue weighted by molar-refractivity contribution is 7.90. The zero-order valence-electron chi connectivity index (χ0n) is 13.6. The quantitative estimate of drug-likeness (QED) is 0.704. The minimum atomic E-state index is -3.51. The van der Waals surface area contributed by atoms with Crippen LogP contribution in [0.4, 0.5) is 0 Å². The standard InChI is InChI=1S/C15H22Cl2N2O4S/c1-10(2)24(21,22)19-9-15(20)8-18-5-6-23-14(15)11-3-4-12(16)13(17)7-11/h3-4,7,10,14,18-20H,5-6,8-9H2,1-2H3/t14?,15-/m0/s1. The Balaban J connectivity index is 2.29. The van der Waals surface area contributed by atoms with Gasteiger partial charge in [-0.1, -0.05) is 29.3 Å². The van der Waals surface area contributed by atoms with Gasteiger partial charge in [-0.2, -0.15) is 0 Å². The Hall–Kier alpha value is -0.410. The molecule has 2 rings (SSSR count). The molecule has 9 heteroatoms. The summed E-state index contributed by atoms with van der Waals surface area (Å²) in [6.07, 6.45) is -0.739. The molecule has 0 spiro atoms. The van der Waals surface area contributed by atoms with E-state index in [1.807, 2.05) is 0 Å². The van der Waals surface area contributed by atoms with E-state index in [9.17, 15) is 13.5 Å². The Bertz CT molecular complexity index is 684. The van der Waals surface area contributed by atoms with Crippen LogP contribution in [0.15, 0.2) is 18.2 Å². The number of β-amino-alcohol motifs (C(OH)–C–C–N with tert-alkyl or cyclic N) is 1. The molecule has 1 aromatic rings. The van der Waals surface area contributed by atoms with Crippen molar-refractivity contribution in [2.45, 2.75) is 30.8 Å². The molecule has 0 bridgehead atoms. The van der Waals surface area contributed by atoms with Crippen LogP contribution < -0.4 is 10.0 Å². The zero-order chi connectivity index (χ0) is 18.0. The molecule has 3 N–H and O–H groups in total. The predicted octanol–water partition coefficient (Wildman–Crippen LogP) is 1.71. The molecule has 24 heavy (non-hydrogen) atoms. The van der Waals surface area contributed by atoms with Crippen molar-refractivity contribution in [1.82, 2.24) is 10.0 Å². The van der Waals surface area contributed by atoms with Gasteiger partial charge in [0.1, 0.15) is 11.7 Å². The third-order valence-electron chi connectivity index (χ3n) is 3.93. The van der Waals surface area contributed by atoms with E-state index < -0.39 is 27.0 Å². The van der Waals surface area contributed by atoms with Crippen molar-refractivity contribution in [1.29, 1.82) is 0 Å². The smallest absolute Gasteiger partial charge is 0.214 e. The predicted molar refractivity (Wildman–Crippen MR) is 95.0 cm³/mol. The maximum atomic E-state index is 12.0. The minimum Gasteiger partial charge on any atom is -0.384 e. The van der Waals surface area contributed by atoms with Gasteiger partial charge >= 0.3 is 0 Å². The van der Waals surface area contributed by atoms with E-state index in [-0.39, 0.29) is 13.1 Å². The van der Waals surface area contributed by atoms with Crippen molar-refractivity contribution in [3.05, 3.63) is 33.8 Å². The van der Waals surface area contributed by atoms with Gasteiger partial charge in [-0.3, -0.25) is 0 Å². The zero-order valence-corrected chi connectivity index (χ0v) is 15.9. The molecule has 0 amide bonds. The largest absolute Gasteiger partial charge is 0.384 e. The molecule has 0 aliphatic carbocycles. The molecule has 1 aliphatic rings. The van der Waals surface area contributed by atoms with Gasteiger partial charge in [0.25, 0.3) is 0 Å². The van der Waals surface area contributed by atoms with Gasteiger partial charge in [-0.15, -0.1) is 0 Å². The Morgan fingerprint density at radius 3 is 2.75 bits per heavy atom. The molecule has 0 aromatic heterocycles. The van der Waals surface area contributed by atoms with E-state index in [1.165, 1.54) is 0 Å². The van der Waals surface area contributed by atoms with Gasteiger partial charge < -0.3 is 15.2 Å². The maximum absolute atomic E-state index is 12.0. The number of rotatable bonds is 5. The summed E-state index contributed by atoms with van der Waals surface area (Å²) in [5.74, 6) is 0. The number of hydrogen-bond donors (Lipinski definition) is 3. The molecular formula is C15H22Cl2N2O4S. The van der Waals surface area contributed by atoms with Crippen molar-refractivity contribution in [3.8, 4) is 0 Å². The molecular weight excluding hydrogens is 375 g/mol. The summed E-state index contributed by atoms with van der Waals surface area (Å²) < 4.78 is 32.3. The summed E-state index contributed by atoms with van der Waals surface area (Å²) in [5, 5.41) is 14.3. The van der Waals surface area contributed by atoms with Gasteiger partial charge in [0.2, 0.25) is 10.0 Å². The maximum Gasteiger partial charge on any atom is 0.214 e. The second kappa shape index (κ2) is 7.86. The molecule has 0 saturated carbocycles. The number of hydrogen-bond acceptors (Lipinski definition) is 5. The van der Waals surface area contributed by atoms with Gasteiger partial charge in [-0.25, -0.2) is 13.1 Å². The van der Waals surface area contributed by atoms with Gasteiger partial charge in [0.05, 0.1) is 21.9 Å². The molecule has 6 nitrogen and oxygen atoms in total. The topological polar surface area (TPSA) is 87.7 Å². The fraction of sp³-hybridized carbons (Fsp3) is 0.600. The van der Waals surface area contributed by atoms with Crippen molar-refractivity contribution in [2.24, 2.45) is 0 Å². The fourth-order valence-electron chi connectivity index (χ4n) is 2.43. The highest BCUT2D eigenvalue weighted by atomic mass is 35.5. The average molecular weight is 397 g/mol. The SMILES string of the molecule is CC(C)S(=O)(=O)NC[C@@]1(O)CNCCOC1c1ccc(Cl)c(Cl)c1. The van der Waals surface area contributed by atoms with E-state index >= 15 is 0 Å². The van der Waals surface area contributed by atoms with Crippen LogP contribution in [0.2, 0.25) is 10.0 Å². The van der Waals surface area contributed by atoms with Crippen LogP contribution in [0.1, 0.15) is 25.5 Å². The van der Waals surface area contributed by atoms with E-state index in [2.05, 4.69) is 10.0 Å². The van der Waals surface area contributed by atoms with Crippen molar-refractivity contribution >= 4 is 33.2 Å². The minimum absolute atomic E-state index is 0.175. The number of halogens is 2. The second-order valence-corrected chi connectivity index (χ2v) is 9.26.